The molecule has 1 heterocycles. The number of likely N-dealkylation sites (tertiary alicyclic amines) is 1. The summed E-state index contributed by atoms with van der Waals surface area (Å²) in [4.78, 5) is 14.8. The van der Waals surface area contributed by atoms with Crippen LogP contribution in [0.5, 0.6) is 0 Å². The summed E-state index contributed by atoms with van der Waals surface area (Å²) < 4.78 is 0. The molecular formula is C17H27N3O. The van der Waals surface area contributed by atoms with Gasteiger partial charge in [-0.2, -0.15) is 0 Å². The lowest BCUT2D eigenvalue weighted by molar-refractivity contribution is -0.125. The Hall–Kier alpha value is -1.39. The van der Waals surface area contributed by atoms with Gasteiger partial charge >= 0.3 is 0 Å². The zero-order valence-corrected chi connectivity index (χ0v) is 13.1. The third-order valence-corrected chi connectivity index (χ3v) is 4.12. The molecule has 0 aromatic heterocycles. The van der Waals surface area contributed by atoms with E-state index in [0.29, 0.717) is 6.54 Å². The van der Waals surface area contributed by atoms with E-state index in [0.717, 1.165) is 19.6 Å². The minimum atomic E-state index is -0.0141. The molecule has 0 saturated carbocycles. The summed E-state index contributed by atoms with van der Waals surface area (Å²) in [5.41, 5.74) is 1.19. The second-order valence-electron chi connectivity index (χ2n) is 5.94. The molecule has 21 heavy (non-hydrogen) atoms. The summed E-state index contributed by atoms with van der Waals surface area (Å²) in [5, 5.41) is 6.29. The smallest absolute Gasteiger partial charge is 0.224 e. The van der Waals surface area contributed by atoms with Crippen molar-refractivity contribution >= 4 is 5.91 Å². The topological polar surface area (TPSA) is 44.4 Å². The van der Waals surface area contributed by atoms with Gasteiger partial charge in [-0.05, 0) is 38.5 Å². The molecule has 1 aromatic rings. The van der Waals surface area contributed by atoms with Crippen LogP contribution in [0.1, 0.15) is 31.4 Å². The molecule has 1 aliphatic rings. The van der Waals surface area contributed by atoms with Crippen LogP contribution in [0.4, 0.5) is 0 Å². The molecule has 116 valence electrons. The van der Waals surface area contributed by atoms with E-state index in [1.54, 1.807) is 0 Å². The fourth-order valence-electron chi connectivity index (χ4n) is 2.86. The van der Waals surface area contributed by atoms with Gasteiger partial charge in [-0.25, -0.2) is 0 Å². The van der Waals surface area contributed by atoms with Crippen molar-refractivity contribution in [3.8, 4) is 0 Å². The average Bonchev–Trinajstić information content (AvgIpc) is 3.00. The molecular weight excluding hydrogens is 262 g/mol. The molecule has 0 radical (unpaired) electrons. The number of nitrogens with one attached hydrogen (secondary N) is 2. The third kappa shape index (κ3) is 4.83. The molecule has 1 aromatic carbocycles. The SMILES string of the molecule is CNCC(C)C(=O)NC(CN1CCCC1)c1ccccc1. The summed E-state index contributed by atoms with van der Waals surface area (Å²) in [5.74, 6) is 0.109. The highest BCUT2D eigenvalue weighted by Crippen LogP contribution is 2.18. The Kier molecular flexibility index (Phi) is 6.21. The Bertz CT molecular complexity index is 429. The monoisotopic (exact) mass is 289 g/mol. The first-order valence-electron chi connectivity index (χ1n) is 7.93. The van der Waals surface area contributed by atoms with Crippen molar-refractivity contribution in [3.63, 3.8) is 0 Å². The van der Waals surface area contributed by atoms with Crippen LogP contribution < -0.4 is 10.6 Å². The molecule has 1 aliphatic heterocycles. The number of rotatable bonds is 7. The maximum absolute atomic E-state index is 12.3. The Morgan fingerprint density at radius 1 is 1.24 bits per heavy atom. The lowest BCUT2D eigenvalue weighted by Gasteiger charge is -2.26. The van der Waals surface area contributed by atoms with Crippen LogP contribution in [0.15, 0.2) is 30.3 Å². The van der Waals surface area contributed by atoms with Crippen LogP contribution in [0.2, 0.25) is 0 Å². The molecule has 2 N–H and O–H groups in total. The molecule has 0 aliphatic carbocycles. The van der Waals surface area contributed by atoms with E-state index in [2.05, 4.69) is 27.7 Å². The third-order valence-electron chi connectivity index (χ3n) is 4.12. The maximum Gasteiger partial charge on any atom is 0.224 e. The van der Waals surface area contributed by atoms with Gasteiger partial charge in [-0.15, -0.1) is 0 Å². The lowest BCUT2D eigenvalue weighted by atomic mass is 10.0. The first-order chi connectivity index (χ1) is 10.2. The van der Waals surface area contributed by atoms with E-state index in [1.807, 2.05) is 32.2 Å². The van der Waals surface area contributed by atoms with Crippen LogP contribution in [-0.2, 0) is 4.79 Å². The molecule has 0 spiro atoms. The Morgan fingerprint density at radius 3 is 2.52 bits per heavy atom. The van der Waals surface area contributed by atoms with Crippen LogP contribution in [-0.4, -0.2) is 44.0 Å². The van der Waals surface area contributed by atoms with Crippen molar-refractivity contribution in [2.45, 2.75) is 25.8 Å². The van der Waals surface area contributed by atoms with Crippen molar-refractivity contribution in [3.05, 3.63) is 35.9 Å². The highest BCUT2D eigenvalue weighted by Gasteiger charge is 2.22. The standard InChI is InChI=1S/C17H27N3O/c1-14(12-18-2)17(21)19-16(13-20-10-6-7-11-20)15-8-4-3-5-9-15/h3-5,8-9,14,16,18H,6-7,10-13H2,1-2H3,(H,19,21). The van der Waals surface area contributed by atoms with Gasteiger partial charge in [-0.1, -0.05) is 37.3 Å². The highest BCUT2D eigenvalue weighted by molar-refractivity contribution is 5.79. The van der Waals surface area contributed by atoms with Crippen LogP contribution in [0, 0.1) is 5.92 Å². The molecule has 2 unspecified atom stereocenters. The van der Waals surface area contributed by atoms with E-state index in [9.17, 15) is 4.79 Å². The van der Waals surface area contributed by atoms with Gasteiger partial charge in [0.25, 0.3) is 0 Å². The van der Waals surface area contributed by atoms with E-state index >= 15 is 0 Å². The summed E-state index contributed by atoms with van der Waals surface area (Å²) in [6, 6.07) is 10.4. The number of hydrogen-bond donors (Lipinski definition) is 2. The number of hydrogen-bond acceptors (Lipinski definition) is 3. The van der Waals surface area contributed by atoms with Gasteiger partial charge in [0, 0.05) is 19.0 Å². The average molecular weight is 289 g/mol. The zero-order valence-electron chi connectivity index (χ0n) is 13.1. The lowest BCUT2D eigenvalue weighted by Crippen LogP contribution is -2.41. The molecule has 1 fully saturated rings. The second kappa shape index (κ2) is 8.15. The second-order valence-corrected chi connectivity index (χ2v) is 5.94. The van der Waals surface area contributed by atoms with Crippen molar-refractivity contribution in [2.24, 2.45) is 5.92 Å². The Morgan fingerprint density at radius 2 is 1.90 bits per heavy atom. The zero-order chi connectivity index (χ0) is 15.1. The van der Waals surface area contributed by atoms with Crippen molar-refractivity contribution < 1.29 is 4.79 Å². The number of amides is 1. The summed E-state index contributed by atoms with van der Waals surface area (Å²) >= 11 is 0. The molecule has 2 atom stereocenters. The first kappa shape index (κ1) is 16.0. The quantitative estimate of drug-likeness (QED) is 0.804. The molecule has 4 heteroatoms. The summed E-state index contributed by atoms with van der Waals surface area (Å²) in [6.45, 7) is 5.86. The minimum Gasteiger partial charge on any atom is -0.348 e. The number of benzene rings is 1. The van der Waals surface area contributed by atoms with Crippen LogP contribution >= 0.6 is 0 Å². The number of nitrogens with zero attached hydrogens (tertiary/aromatic N) is 1. The van der Waals surface area contributed by atoms with Crippen molar-refractivity contribution in [1.29, 1.82) is 0 Å². The number of carbonyl (C=O) groups is 1. The summed E-state index contributed by atoms with van der Waals surface area (Å²) in [7, 11) is 1.88. The van der Waals surface area contributed by atoms with Gasteiger partial charge in [0.05, 0.1) is 6.04 Å². The van der Waals surface area contributed by atoms with Crippen molar-refractivity contribution in [2.75, 3.05) is 33.2 Å². The van der Waals surface area contributed by atoms with E-state index < -0.39 is 0 Å². The minimum absolute atomic E-state index is 0.0141. The predicted octanol–water partition coefficient (Wildman–Crippen LogP) is 1.80. The van der Waals surface area contributed by atoms with Crippen LogP contribution in [0.3, 0.4) is 0 Å². The van der Waals surface area contributed by atoms with Gasteiger partial charge in [0.1, 0.15) is 0 Å². The van der Waals surface area contributed by atoms with E-state index in [-0.39, 0.29) is 17.9 Å². The van der Waals surface area contributed by atoms with Crippen molar-refractivity contribution in [1.82, 2.24) is 15.5 Å². The molecule has 2 rings (SSSR count). The van der Waals surface area contributed by atoms with Gasteiger partial charge < -0.3 is 15.5 Å². The molecule has 0 bridgehead atoms. The fraction of sp³-hybridized carbons (Fsp3) is 0.588. The predicted molar refractivity (Wildman–Crippen MR) is 86.1 cm³/mol. The maximum atomic E-state index is 12.3. The number of carbonyl (C=O) groups excluding carboxylic acids is 1. The molecule has 4 nitrogen and oxygen atoms in total. The highest BCUT2D eigenvalue weighted by atomic mass is 16.1. The van der Waals surface area contributed by atoms with E-state index in [1.165, 1.54) is 18.4 Å². The normalized spacial score (nSPS) is 18.4. The molecule has 1 saturated heterocycles. The fourth-order valence-corrected chi connectivity index (χ4v) is 2.86. The largest absolute Gasteiger partial charge is 0.348 e. The first-order valence-corrected chi connectivity index (χ1v) is 7.93. The summed E-state index contributed by atoms with van der Waals surface area (Å²) in [6.07, 6.45) is 2.54. The van der Waals surface area contributed by atoms with Gasteiger partial charge in [0.15, 0.2) is 0 Å². The Balaban J connectivity index is 2.02. The van der Waals surface area contributed by atoms with E-state index in [4.69, 9.17) is 0 Å². The Labute approximate surface area is 127 Å². The molecule has 1 amide bonds. The van der Waals surface area contributed by atoms with Gasteiger partial charge in [-0.3, -0.25) is 4.79 Å². The van der Waals surface area contributed by atoms with Crippen LogP contribution in [0.25, 0.3) is 0 Å². The van der Waals surface area contributed by atoms with Gasteiger partial charge in [0.2, 0.25) is 5.91 Å².